The maximum absolute atomic E-state index is 12.7. The normalized spacial score (nSPS) is 18.0. The Labute approximate surface area is 187 Å². The highest BCUT2D eigenvalue weighted by Crippen LogP contribution is 2.20. The predicted octanol–water partition coefficient (Wildman–Crippen LogP) is 1.10. The molecule has 2 fully saturated rings. The van der Waals surface area contributed by atoms with E-state index in [-0.39, 0.29) is 11.4 Å². The van der Waals surface area contributed by atoms with Crippen LogP contribution in [0.2, 0.25) is 0 Å². The molecule has 172 valence electrons. The Balaban J connectivity index is 1.39. The topological polar surface area (TPSA) is 101 Å². The molecule has 2 aromatic rings. The van der Waals surface area contributed by atoms with E-state index in [0.717, 1.165) is 55.8 Å². The Bertz CT molecular complexity index is 1100. The standard InChI is InChI=1S/C22H28N4O5S/c27-21(23-19-5-3-18(4-6-19)15-24-11-13-31-14-12-24)17-25-16-20(7-8-22(25)28)32(29,30)26-9-1-2-10-26/h3-8,16H,1-2,9-15,17H2,(H,23,27). The molecule has 0 radical (unpaired) electrons. The van der Waals surface area contributed by atoms with Gasteiger partial charge in [0.2, 0.25) is 15.9 Å². The van der Waals surface area contributed by atoms with Crippen LogP contribution in [-0.4, -0.2) is 67.5 Å². The van der Waals surface area contributed by atoms with E-state index < -0.39 is 21.5 Å². The number of nitrogens with one attached hydrogen (secondary N) is 1. The van der Waals surface area contributed by atoms with E-state index in [1.807, 2.05) is 24.3 Å². The third-order valence-electron chi connectivity index (χ3n) is 5.72. The Kier molecular flexibility index (Phi) is 7.04. The van der Waals surface area contributed by atoms with Crippen LogP contribution in [0.4, 0.5) is 5.69 Å². The van der Waals surface area contributed by atoms with Gasteiger partial charge in [0.1, 0.15) is 6.54 Å². The third-order valence-corrected chi connectivity index (χ3v) is 7.60. The van der Waals surface area contributed by atoms with Gasteiger partial charge in [0, 0.05) is 50.7 Å². The lowest BCUT2D eigenvalue weighted by atomic mass is 10.2. The fourth-order valence-corrected chi connectivity index (χ4v) is 5.47. The molecule has 0 aliphatic carbocycles. The summed E-state index contributed by atoms with van der Waals surface area (Å²) in [4.78, 5) is 27.0. The zero-order valence-corrected chi connectivity index (χ0v) is 18.7. The molecule has 0 saturated carbocycles. The van der Waals surface area contributed by atoms with Gasteiger partial charge >= 0.3 is 0 Å². The summed E-state index contributed by atoms with van der Waals surface area (Å²) in [7, 11) is -3.66. The van der Waals surface area contributed by atoms with Gasteiger partial charge in [-0.25, -0.2) is 8.42 Å². The van der Waals surface area contributed by atoms with Crippen molar-refractivity contribution in [3.63, 3.8) is 0 Å². The molecule has 1 aromatic carbocycles. The van der Waals surface area contributed by atoms with Gasteiger partial charge in [0.25, 0.3) is 5.56 Å². The van der Waals surface area contributed by atoms with Crippen LogP contribution in [0.15, 0.2) is 52.3 Å². The summed E-state index contributed by atoms with van der Waals surface area (Å²) >= 11 is 0. The van der Waals surface area contributed by atoms with Crippen LogP contribution in [0.5, 0.6) is 0 Å². The summed E-state index contributed by atoms with van der Waals surface area (Å²) in [6.45, 7) is 4.80. The molecule has 2 aliphatic rings. The Morgan fingerprint density at radius 1 is 0.969 bits per heavy atom. The van der Waals surface area contributed by atoms with E-state index in [4.69, 9.17) is 4.74 Å². The monoisotopic (exact) mass is 460 g/mol. The molecule has 1 amide bonds. The van der Waals surface area contributed by atoms with Crippen molar-refractivity contribution in [2.24, 2.45) is 0 Å². The maximum atomic E-state index is 12.7. The first-order valence-corrected chi connectivity index (χ1v) is 12.3. The molecule has 3 heterocycles. The predicted molar refractivity (Wildman–Crippen MR) is 120 cm³/mol. The molecule has 0 bridgehead atoms. The first-order valence-electron chi connectivity index (χ1n) is 10.8. The van der Waals surface area contributed by atoms with E-state index in [2.05, 4.69) is 10.2 Å². The molecule has 10 heteroatoms. The van der Waals surface area contributed by atoms with E-state index in [9.17, 15) is 18.0 Å². The molecule has 0 atom stereocenters. The zero-order valence-electron chi connectivity index (χ0n) is 17.9. The minimum Gasteiger partial charge on any atom is -0.379 e. The van der Waals surface area contributed by atoms with Crippen LogP contribution >= 0.6 is 0 Å². The number of hydrogen-bond donors (Lipinski definition) is 1. The second-order valence-corrected chi connectivity index (χ2v) is 10.0. The number of anilines is 1. The molecule has 1 N–H and O–H groups in total. The molecule has 0 unspecified atom stereocenters. The fourth-order valence-electron chi connectivity index (χ4n) is 3.93. The number of aromatic nitrogens is 1. The molecule has 4 rings (SSSR count). The summed E-state index contributed by atoms with van der Waals surface area (Å²) in [5, 5.41) is 2.77. The van der Waals surface area contributed by atoms with Gasteiger partial charge < -0.3 is 14.6 Å². The third kappa shape index (κ3) is 5.44. The Morgan fingerprint density at radius 2 is 1.66 bits per heavy atom. The number of nitrogens with zero attached hydrogens (tertiary/aromatic N) is 3. The smallest absolute Gasteiger partial charge is 0.251 e. The van der Waals surface area contributed by atoms with Crippen LogP contribution in [0.3, 0.4) is 0 Å². The summed E-state index contributed by atoms with van der Waals surface area (Å²) in [6, 6.07) is 10.1. The van der Waals surface area contributed by atoms with Crippen molar-refractivity contribution < 1.29 is 17.9 Å². The minimum atomic E-state index is -3.66. The van der Waals surface area contributed by atoms with Crippen molar-refractivity contribution in [1.82, 2.24) is 13.8 Å². The van der Waals surface area contributed by atoms with Crippen LogP contribution in [0.25, 0.3) is 0 Å². The molecule has 9 nitrogen and oxygen atoms in total. The molecule has 0 spiro atoms. The SMILES string of the molecule is O=C(Cn1cc(S(=O)(=O)N2CCCC2)ccc1=O)Nc1ccc(CN2CCOCC2)cc1. The van der Waals surface area contributed by atoms with Gasteiger partial charge in [-0.3, -0.25) is 14.5 Å². The number of carbonyl (C=O) groups is 1. The van der Waals surface area contributed by atoms with Crippen LogP contribution < -0.4 is 10.9 Å². The summed E-state index contributed by atoms with van der Waals surface area (Å²) in [5.41, 5.74) is 1.33. The number of sulfonamides is 1. The highest BCUT2D eigenvalue weighted by atomic mass is 32.2. The van der Waals surface area contributed by atoms with E-state index in [1.54, 1.807) is 0 Å². The van der Waals surface area contributed by atoms with Crippen molar-refractivity contribution in [3.05, 3.63) is 58.5 Å². The summed E-state index contributed by atoms with van der Waals surface area (Å²) in [6.07, 6.45) is 2.90. The number of amides is 1. The van der Waals surface area contributed by atoms with Crippen molar-refractivity contribution >= 4 is 21.6 Å². The Hall–Kier alpha value is -2.53. The number of carbonyl (C=O) groups excluding carboxylic acids is 1. The molecular weight excluding hydrogens is 432 g/mol. The number of pyridine rings is 1. The average Bonchev–Trinajstić information content (AvgIpc) is 3.33. The van der Waals surface area contributed by atoms with Gasteiger partial charge in [-0.05, 0) is 36.6 Å². The van der Waals surface area contributed by atoms with Crippen molar-refractivity contribution in [2.75, 3.05) is 44.7 Å². The largest absolute Gasteiger partial charge is 0.379 e. The van der Waals surface area contributed by atoms with Gasteiger partial charge in [-0.1, -0.05) is 12.1 Å². The van der Waals surface area contributed by atoms with Crippen LogP contribution in [0, 0.1) is 0 Å². The summed E-state index contributed by atoms with van der Waals surface area (Å²) < 4.78 is 33.4. The fraction of sp³-hybridized carbons (Fsp3) is 0.455. The lowest BCUT2D eigenvalue weighted by Crippen LogP contribution is -2.35. The second kappa shape index (κ2) is 9.95. The van der Waals surface area contributed by atoms with Gasteiger partial charge in [-0.15, -0.1) is 0 Å². The lowest BCUT2D eigenvalue weighted by molar-refractivity contribution is -0.116. The minimum absolute atomic E-state index is 0.0271. The molecule has 2 saturated heterocycles. The summed E-state index contributed by atoms with van der Waals surface area (Å²) in [5.74, 6) is -0.399. The first kappa shape index (κ1) is 22.7. The maximum Gasteiger partial charge on any atom is 0.251 e. The average molecular weight is 461 g/mol. The van der Waals surface area contributed by atoms with Gasteiger partial charge in [-0.2, -0.15) is 4.31 Å². The van der Waals surface area contributed by atoms with E-state index in [0.29, 0.717) is 18.8 Å². The van der Waals surface area contributed by atoms with Crippen molar-refractivity contribution in [1.29, 1.82) is 0 Å². The molecule has 1 aromatic heterocycles. The molecular formula is C22H28N4O5S. The molecule has 2 aliphatic heterocycles. The zero-order chi connectivity index (χ0) is 22.6. The number of morpholine rings is 1. The second-order valence-electron chi connectivity index (χ2n) is 8.08. The number of ether oxygens (including phenoxy) is 1. The Morgan fingerprint density at radius 3 is 2.34 bits per heavy atom. The number of rotatable bonds is 7. The van der Waals surface area contributed by atoms with Crippen LogP contribution in [-0.2, 0) is 32.6 Å². The quantitative estimate of drug-likeness (QED) is 0.664. The highest BCUT2D eigenvalue weighted by molar-refractivity contribution is 7.89. The number of hydrogen-bond acceptors (Lipinski definition) is 6. The van der Waals surface area contributed by atoms with Gasteiger partial charge in [0.05, 0.1) is 18.1 Å². The van der Waals surface area contributed by atoms with E-state index in [1.165, 1.54) is 22.6 Å². The lowest BCUT2D eigenvalue weighted by Gasteiger charge is -2.26. The van der Waals surface area contributed by atoms with Gasteiger partial charge in [0.15, 0.2) is 0 Å². The highest BCUT2D eigenvalue weighted by Gasteiger charge is 2.27. The number of benzene rings is 1. The van der Waals surface area contributed by atoms with Crippen molar-refractivity contribution in [3.8, 4) is 0 Å². The first-order chi connectivity index (χ1) is 15.4. The van der Waals surface area contributed by atoms with Crippen LogP contribution in [0.1, 0.15) is 18.4 Å². The molecule has 32 heavy (non-hydrogen) atoms. The van der Waals surface area contributed by atoms with Crippen molar-refractivity contribution in [2.45, 2.75) is 30.8 Å². The van der Waals surface area contributed by atoms with E-state index >= 15 is 0 Å².